The van der Waals surface area contributed by atoms with Gasteiger partial charge in [-0.15, -0.1) is 0 Å². The number of carbonyl (C=O) groups excluding carboxylic acids is 4. The normalized spacial score (nSPS) is 13.0. The Balaban J connectivity index is 6.04. The Morgan fingerprint density at radius 2 is 1.03 bits per heavy atom. The molecule has 38 heavy (non-hydrogen) atoms. The summed E-state index contributed by atoms with van der Waals surface area (Å²) in [7, 11) is 0. The van der Waals surface area contributed by atoms with Crippen molar-refractivity contribution in [3.05, 3.63) is 68.2 Å². The van der Waals surface area contributed by atoms with Gasteiger partial charge in [-0.25, -0.2) is 19.2 Å². The molecule has 0 saturated heterocycles. The summed E-state index contributed by atoms with van der Waals surface area (Å²) in [5.41, 5.74) is -2.85. The molecule has 0 radical (unpaired) electrons. The zero-order valence-electron chi connectivity index (χ0n) is 21.0. The zero-order chi connectivity index (χ0) is 29.0. The van der Waals surface area contributed by atoms with E-state index >= 15 is 0 Å². The van der Waals surface area contributed by atoms with Gasteiger partial charge in [0.2, 0.25) is 0 Å². The first-order valence-corrected chi connectivity index (χ1v) is 11.0. The maximum absolute atomic E-state index is 11.7. The minimum atomic E-state index is -1.45. The number of aliphatic hydroxyl groups excluding tert-OH is 1. The van der Waals surface area contributed by atoms with E-state index in [4.69, 9.17) is 28.4 Å². The summed E-state index contributed by atoms with van der Waals surface area (Å²) in [6.07, 6.45) is 3.26. The Labute approximate surface area is 220 Å². The minimum Gasteiger partial charge on any atom is -0.462 e. The van der Waals surface area contributed by atoms with Gasteiger partial charge in [-0.05, 0) is 6.08 Å². The largest absolute Gasteiger partial charge is 0.462 e. The summed E-state index contributed by atoms with van der Waals surface area (Å²) in [6, 6.07) is 0. The van der Waals surface area contributed by atoms with Crippen molar-refractivity contribution in [3.8, 4) is 0 Å². The van der Waals surface area contributed by atoms with Crippen LogP contribution in [0.5, 0.6) is 0 Å². The average Bonchev–Trinajstić information content (AvgIpc) is 2.94. The zero-order valence-corrected chi connectivity index (χ0v) is 21.0. The van der Waals surface area contributed by atoms with Crippen LogP contribution in [0.2, 0.25) is 0 Å². The fourth-order valence-electron chi connectivity index (χ4n) is 2.60. The molecule has 0 amide bonds. The van der Waals surface area contributed by atoms with Crippen molar-refractivity contribution in [2.75, 3.05) is 52.8 Å². The van der Waals surface area contributed by atoms with Gasteiger partial charge in [-0.1, -0.05) is 38.1 Å². The van der Waals surface area contributed by atoms with Gasteiger partial charge in [0.25, 0.3) is 0 Å². The van der Waals surface area contributed by atoms with E-state index in [2.05, 4.69) is 38.1 Å². The first-order valence-electron chi connectivity index (χ1n) is 11.0. The third-order valence-corrected chi connectivity index (χ3v) is 4.73. The molecule has 2 unspecified atom stereocenters. The van der Waals surface area contributed by atoms with Crippen molar-refractivity contribution in [1.29, 1.82) is 0 Å². The van der Waals surface area contributed by atoms with Crippen LogP contribution >= 0.6 is 0 Å². The molecule has 0 aliphatic rings. The van der Waals surface area contributed by atoms with Gasteiger partial charge in [0.15, 0.2) is 6.29 Å². The molecular weight excluding hydrogens is 506 g/mol. The molecule has 1 N–H and O–H groups in total. The highest BCUT2D eigenvalue weighted by molar-refractivity contribution is 5.82. The Morgan fingerprint density at radius 3 is 1.37 bits per heavy atom. The van der Waals surface area contributed by atoms with E-state index in [0.717, 1.165) is 30.4 Å². The second-order valence-electron chi connectivity index (χ2n) is 7.96. The minimum absolute atomic E-state index is 0.366. The van der Waals surface area contributed by atoms with Gasteiger partial charge in [0.05, 0.1) is 37.2 Å². The molecule has 13 nitrogen and oxygen atoms in total. The van der Waals surface area contributed by atoms with E-state index in [-0.39, 0.29) is 19.8 Å². The molecule has 0 fully saturated rings. The van der Waals surface area contributed by atoms with Crippen LogP contribution in [0.15, 0.2) is 68.5 Å². The molecule has 0 spiro atoms. The van der Waals surface area contributed by atoms with Crippen molar-refractivity contribution in [1.82, 2.24) is 0 Å². The Hall–Kier alpha value is -3.94. The molecule has 0 saturated carbocycles. The van der Waals surface area contributed by atoms with Crippen molar-refractivity contribution >= 4 is 23.9 Å². The number of aliphatic hydroxyl groups is 1. The lowest BCUT2D eigenvalue weighted by Gasteiger charge is -2.35. The molecule has 0 aromatic heterocycles. The number of nitrogens with zero attached hydrogens (tertiary/aromatic N) is 1. The van der Waals surface area contributed by atoms with Gasteiger partial charge in [0, 0.05) is 24.3 Å². The second kappa shape index (κ2) is 18.3. The molecule has 0 aromatic rings. The van der Waals surface area contributed by atoms with E-state index in [1.807, 2.05) is 0 Å². The summed E-state index contributed by atoms with van der Waals surface area (Å²) in [4.78, 5) is 58.1. The lowest BCUT2D eigenvalue weighted by atomic mass is 9.89. The lowest BCUT2D eigenvalue weighted by Crippen LogP contribution is -2.46. The number of carbonyl (C=O) groups is 4. The Kier molecular flexibility index (Phi) is 16.4. The van der Waals surface area contributed by atoms with E-state index in [9.17, 15) is 29.2 Å². The van der Waals surface area contributed by atoms with Crippen LogP contribution in [-0.2, 0) is 47.6 Å². The van der Waals surface area contributed by atoms with Crippen LogP contribution in [0.4, 0.5) is 0 Å². The first kappa shape index (κ1) is 34.1. The summed E-state index contributed by atoms with van der Waals surface area (Å²) < 4.78 is 31.5. The molecular formula is C25H33NO12. The van der Waals surface area contributed by atoms with Crippen LogP contribution in [0.25, 0.3) is 0 Å². The molecule has 0 aliphatic heterocycles. The van der Waals surface area contributed by atoms with Crippen molar-refractivity contribution in [3.63, 3.8) is 0 Å². The smallest absolute Gasteiger partial charge is 0.330 e. The van der Waals surface area contributed by atoms with Crippen molar-refractivity contribution < 1.29 is 52.7 Å². The number of hydrogen-bond donors (Lipinski definition) is 1. The van der Waals surface area contributed by atoms with Crippen LogP contribution < -0.4 is 0 Å². The van der Waals surface area contributed by atoms with Gasteiger partial charge in [0.1, 0.15) is 26.4 Å². The van der Waals surface area contributed by atoms with Gasteiger partial charge in [-0.3, -0.25) is 0 Å². The maximum Gasteiger partial charge on any atom is 0.330 e. The Morgan fingerprint density at radius 1 is 0.658 bits per heavy atom. The Bertz CT molecular complexity index is 824. The summed E-state index contributed by atoms with van der Waals surface area (Å²) in [5.74, 6) is -3.26. The molecule has 13 heteroatoms. The molecule has 0 aliphatic carbocycles. The van der Waals surface area contributed by atoms with Gasteiger partial charge in [-0.2, -0.15) is 4.91 Å². The fraction of sp³-hybridized carbons (Fsp3) is 0.440. The van der Waals surface area contributed by atoms with Gasteiger partial charge >= 0.3 is 23.9 Å². The van der Waals surface area contributed by atoms with E-state index in [1.54, 1.807) is 0 Å². The van der Waals surface area contributed by atoms with E-state index < -0.39 is 74.0 Å². The van der Waals surface area contributed by atoms with Crippen molar-refractivity contribution in [2.24, 2.45) is 16.0 Å². The number of hydrogen-bond acceptors (Lipinski definition) is 13. The third kappa shape index (κ3) is 13.4. The fourth-order valence-corrected chi connectivity index (χ4v) is 2.60. The monoisotopic (exact) mass is 539 g/mol. The summed E-state index contributed by atoms with van der Waals surface area (Å²) in [6.45, 7) is 13.2. The highest BCUT2D eigenvalue weighted by Gasteiger charge is 2.39. The first-order chi connectivity index (χ1) is 18.0. The van der Waals surface area contributed by atoms with Crippen LogP contribution in [0.3, 0.4) is 0 Å². The van der Waals surface area contributed by atoms with Gasteiger partial charge < -0.3 is 33.5 Å². The second-order valence-corrected chi connectivity index (χ2v) is 7.96. The quantitative estimate of drug-likeness (QED) is 0.0520. The molecule has 0 heterocycles. The maximum atomic E-state index is 11.7. The lowest BCUT2D eigenvalue weighted by molar-refractivity contribution is -0.167. The van der Waals surface area contributed by atoms with Crippen LogP contribution in [0, 0.1) is 15.7 Å². The average molecular weight is 540 g/mol. The topological polar surface area (TPSA) is 173 Å². The van der Waals surface area contributed by atoms with E-state index in [0.29, 0.717) is 0 Å². The van der Waals surface area contributed by atoms with E-state index in [1.165, 1.54) is 0 Å². The molecule has 210 valence electrons. The number of esters is 4. The third-order valence-electron chi connectivity index (χ3n) is 4.73. The van der Waals surface area contributed by atoms with Crippen LogP contribution in [-0.4, -0.2) is 88.1 Å². The highest BCUT2D eigenvalue weighted by atomic mass is 16.6. The number of rotatable bonds is 22. The molecule has 2 atom stereocenters. The molecule has 0 aromatic carbocycles. The molecule has 0 bridgehead atoms. The number of nitroso groups, excluding NO2 is 1. The predicted molar refractivity (Wildman–Crippen MR) is 133 cm³/mol. The number of ether oxygens (including phenoxy) is 6. The van der Waals surface area contributed by atoms with Crippen LogP contribution in [0.1, 0.15) is 0 Å². The summed E-state index contributed by atoms with van der Waals surface area (Å²) in [5, 5.41) is 12.6. The molecule has 0 rings (SSSR count). The predicted octanol–water partition coefficient (Wildman–Crippen LogP) is 1.18. The van der Waals surface area contributed by atoms with Crippen molar-refractivity contribution in [2.45, 2.75) is 6.29 Å². The summed E-state index contributed by atoms with van der Waals surface area (Å²) >= 11 is 0. The SMILES string of the molecule is C=CC(=O)OCC(COCC(CN=O)(COC(=O)C=C)COC(O)C=C)(COC(=O)C=C)COC(=O)C=C. The standard InChI is InChI=1S/C25H33NO12/c1-6-19(27)34-14-24(11-26-32,15-35-20(28)7-2)12-33-13-25(16-36-21(29)8-3,17-37-22(30)9-4)18-38-23(31)10-5/h6-10,19,27H,1-5,11-18H2. The highest BCUT2D eigenvalue weighted by Crippen LogP contribution is 2.26.